The molecule has 9 aliphatic heterocycles. The zero-order valence-corrected chi connectivity index (χ0v) is 72.0. The maximum Gasteiger partial charge on any atom is 0.330 e. The first-order valence-electron chi connectivity index (χ1n) is 41.9. The Morgan fingerprint density at radius 3 is 1.89 bits per heavy atom. The van der Waals surface area contributed by atoms with Crippen molar-refractivity contribution < 1.29 is 172 Å². The molecule has 712 valence electrons. The van der Waals surface area contributed by atoms with Crippen molar-refractivity contribution in [3.63, 3.8) is 0 Å². The van der Waals surface area contributed by atoms with Crippen LogP contribution in [0.1, 0.15) is 101 Å². The maximum atomic E-state index is 17.3. The number of aliphatic hydroxyl groups is 12. The van der Waals surface area contributed by atoms with Gasteiger partial charge in [0.05, 0.1) is 49.4 Å². The zero-order valence-electron chi connectivity index (χ0n) is 70.5. The van der Waals surface area contributed by atoms with Gasteiger partial charge in [0.2, 0.25) is 59.7 Å². The number of benzene rings is 3. The van der Waals surface area contributed by atoms with Gasteiger partial charge >= 0.3 is 11.9 Å². The van der Waals surface area contributed by atoms with Crippen molar-refractivity contribution in [2.75, 3.05) is 26.4 Å². The number of carboxylic acid groups (broad SMARTS) is 2. The normalized spacial score (nSPS) is 34.9. The summed E-state index contributed by atoms with van der Waals surface area (Å²) in [5, 5.41) is 200. The highest BCUT2D eigenvalue weighted by Crippen LogP contribution is 2.51. The van der Waals surface area contributed by atoms with Gasteiger partial charge in [-0.15, -0.1) is 11.6 Å². The lowest BCUT2D eigenvalue weighted by Crippen LogP contribution is -2.68. The Kier molecular flexibility index (Phi) is 29.0. The molecule has 3 aromatic carbocycles. The second-order valence-corrected chi connectivity index (χ2v) is 34.8. The van der Waals surface area contributed by atoms with Gasteiger partial charge in [-0.2, -0.15) is 0 Å². The lowest BCUT2D eigenvalue weighted by molar-refractivity contribution is -0.293. The molecule has 46 heteroatoms. The number of carbonyl (C=O) groups excluding carboxylic acids is 8. The highest BCUT2D eigenvalue weighted by molar-refractivity contribution is 6.31. The SMILES string of the molecule is CC(=O)NC1C(O)[C@H](O)C(CO)O[C@H]1O[C@@H]1C2=CC=C(Oc3cc4cc(c3O[C@@H]3OC(CO)[C@@H](O)C(O)C3NC(=O)CCC(=O)O)OC3=C(Cl)C=C(CC3C)C[C@H]3NC(=O)[C@H](N)c5ccc(O)c(c5)Oc5cc(O)cc(c5)[C@H](NC3=O)C(=O)N[C@H]4C(=O)N[C@@]3(C)C(=O)N[C@@H]1C(=O)N[C@H](C(=O)O)C1=CC(O)C(C)C(O[C@H]4OC(CO)[C@@H](O)C(O)C4O)=C1C1CC3=CC=C1CO)[C@@H](Cl)C2. The van der Waals surface area contributed by atoms with Crippen molar-refractivity contribution in [1.82, 2.24) is 42.5 Å². The summed E-state index contributed by atoms with van der Waals surface area (Å²) in [6, 6.07) is -8.35. The number of hydrogen-bond acceptors (Lipinski definition) is 34. The molecule has 17 bridgehead atoms. The lowest BCUT2D eigenvalue weighted by Gasteiger charge is -2.45. The van der Waals surface area contributed by atoms with E-state index in [-0.39, 0.29) is 56.6 Å². The maximum absolute atomic E-state index is 17.3. The van der Waals surface area contributed by atoms with E-state index >= 15 is 24.0 Å². The number of phenols is 2. The summed E-state index contributed by atoms with van der Waals surface area (Å²) in [7, 11) is 0. The molecular formula is C86H99Cl2N9O35. The number of carbonyl (C=O) groups is 10. The van der Waals surface area contributed by atoms with Crippen molar-refractivity contribution in [3.8, 4) is 40.2 Å². The Hall–Kier alpha value is -11.2. The number of nitrogens with two attached hydrogens (primary N) is 1. The zero-order chi connectivity index (χ0) is 95.4. The highest BCUT2D eigenvalue weighted by Gasteiger charge is 2.56. The molecule has 13 unspecified atom stereocenters. The summed E-state index contributed by atoms with van der Waals surface area (Å²) < 4.78 is 58.2. The minimum absolute atomic E-state index is 0.0266. The average molecular weight is 1890 g/mol. The third kappa shape index (κ3) is 19.6. The Bertz CT molecular complexity index is 5370. The second kappa shape index (κ2) is 39.5. The van der Waals surface area contributed by atoms with Gasteiger partial charge in [0, 0.05) is 42.7 Å². The quantitative estimate of drug-likeness (QED) is 0.0610. The molecule has 8 amide bonds. The van der Waals surface area contributed by atoms with Gasteiger partial charge < -0.3 is 173 Å². The monoisotopic (exact) mass is 1890 g/mol. The summed E-state index contributed by atoms with van der Waals surface area (Å²) in [5.74, 6) is -22.9. The number of alkyl halides is 1. The van der Waals surface area contributed by atoms with Crippen LogP contribution in [0.2, 0.25) is 0 Å². The number of allylic oxidation sites excluding steroid dienone is 8. The fourth-order valence-corrected chi connectivity index (χ4v) is 18.3. The van der Waals surface area contributed by atoms with E-state index in [0.717, 1.165) is 62.4 Å². The molecule has 28 atom stereocenters. The van der Waals surface area contributed by atoms with E-state index in [4.69, 9.17) is 71.6 Å². The predicted molar refractivity (Wildman–Crippen MR) is 446 cm³/mol. The molecule has 3 aromatic rings. The number of aromatic hydroxyl groups is 2. The Morgan fingerprint density at radius 2 is 1.25 bits per heavy atom. The number of carboxylic acids is 2. The molecule has 44 nitrogen and oxygen atoms in total. The molecule has 0 saturated carbocycles. The van der Waals surface area contributed by atoms with Gasteiger partial charge in [-0.1, -0.05) is 55.3 Å². The number of aliphatic hydroxyl groups excluding tert-OH is 12. The molecule has 16 rings (SSSR count). The lowest BCUT2D eigenvalue weighted by atomic mass is 9.69. The number of phenolic OH excluding ortho intramolecular Hbond substituents is 2. The number of ether oxygens (including phenoxy) is 9. The molecular weight excluding hydrogens is 1790 g/mol. The minimum atomic E-state index is -2.92. The van der Waals surface area contributed by atoms with Crippen molar-refractivity contribution in [1.29, 1.82) is 0 Å². The number of halogens is 2. The van der Waals surface area contributed by atoms with E-state index in [0.29, 0.717) is 5.57 Å². The molecule has 0 radical (unpaired) electrons. The standard InChI is InChI=1S/C86H99Cl2N9O35/c1-29-13-32-14-44(88)72(29)126-51-21-37-20-50(75(51)132-83-63(92-55(106)11-12-56(107)108)69(113)66(110)53(27-100)128-83)125-48-10-7-34(18-43(48)87)74(131-82-62(90-31(3)102)68(112)65(109)52(26-99)127-82)64-79(119)95-61(81(121)122)42-24-47(105)30(2)73(130-84-71(115)70(114)67(111)54(28-101)129-84)57(42)41-22-38(8-5-35(41)25-98)86(4,85(123)96-64)97-80(120)60(37)94-78(118)59-36-16-39(103)23-40(17-36)124-49-19-33(6-9-46(49)104)58(89)77(117)91-45(15-32)76(116)93-59/h5-10,14,16-17,19-21,23-24,29-30,41,43,45,47,52-54,58-71,74,82-84,98-101,103-105,109-115H,11-13,15,18,22,25-28,89H2,1-4H3,(H,90,102)(H,91,117)(H,92,106)(H,93,116)(H,94,118)(H,95,119)(H,96,123)(H,97,120)(H,107,108)(H,121,122)/t29?,30?,41?,43-,45+,47?,52?,53?,54?,58+,59-,60+,61-,62?,63?,64-,65+,66+,67+,68?,69?,70?,71?,74+,82-,83-,84+,86+/m0/s1. The Morgan fingerprint density at radius 1 is 0.621 bits per heavy atom. The molecule has 4 fully saturated rings. The summed E-state index contributed by atoms with van der Waals surface area (Å²) in [4.78, 5) is 152. The van der Waals surface area contributed by atoms with Crippen LogP contribution in [0.25, 0.3) is 0 Å². The second-order valence-electron chi connectivity index (χ2n) is 33.9. The topological polar surface area (TPSA) is 700 Å². The average Bonchev–Trinajstić information content (AvgIpc) is 0.740. The Balaban J connectivity index is 1.06. The summed E-state index contributed by atoms with van der Waals surface area (Å²) in [5.41, 5.74) is 1.46. The third-order valence-electron chi connectivity index (χ3n) is 24.8. The van der Waals surface area contributed by atoms with Crippen LogP contribution in [0.3, 0.4) is 0 Å². The molecule has 4 saturated heterocycles. The third-order valence-corrected chi connectivity index (χ3v) is 25.5. The van der Waals surface area contributed by atoms with Gasteiger partial charge in [0.1, 0.15) is 144 Å². The molecule has 132 heavy (non-hydrogen) atoms. The number of hydrogen-bond donors (Lipinski definition) is 25. The predicted octanol–water partition coefficient (Wildman–Crippen LogP) is -3.87. The van der Waals surface area contributed by atoms with Gasteiger partial charge in [-0.3, -0.25) is 43.2 Å². The first-order valence-corrected chi connectivity index (χ1v) is 42.8. The molecule has 13 aliphatic rings. The molecule has 9 heterocycles. The van der Waals surface area contributed by atoms with Crippen molar-refractivity contribution in [2.45, 2.75) is 218 Å². The first kappa shape index (κ1) is 96.8. The summed E-state index contributed by atoms with van der Waals surface area (Å²) >= 11 is 15.0. The van der Waals surface area contributed by atoms with Crippen molar-refractivity contribution >= 4 is 82.4 Å². The van der Waals surface area contributed by atoms with E-state index in [9.17, 15) is 106 Å². The van der Waals surface area contributed by atoms with Crippen LogP contribution in [0.4, 0.5) is 0 Å². The van der Waals surface area contributed by atoms with E-state index in [1.165, 1.54) is 43.4 Å². The van der Waals surface area contributed by atoms with Crippen LogP contribution in [-0.4, -0.2) is 301 Å². The van der Waals surface area contributed by atoms with Crippen LogP contribution < -0.4 is 67.2 Å². The van der Waals surface area contributed by atoms with E-state index in [1.807, 2.05) is 0 Å². The van der Waals surface area contributed by atoms with Gasteiger partial charge in [-0.25, -0.2) is 4.79 Å². The number of nitrogens with one attached hydrogen (secondary N) is 8. The van der Waals surface area contributed by atoms with Crippen LogP contribution in [-0.2, 0) is 71.6 Å². The number of amides is 8. The van der Waals surface area contributed by atoms with Crippen LogP contribution in [0.15, 0.2) is 141 Å². The minimum Gasteiger partial charge on any atom is -0.508 e. The van der Waals surface area contributed by atoms with E-state index < -0.39 is 344 Å². The van der Waals surface area contributed by atoms with E-state index in [2.05, 4.69) is 42.5 Å². The van der Waals surface area contributed by atoms with Crippen LogP contribution in [0, 0.1) is 17.8 Å². The fourth-order valence-electron chi connectivity index (χ4n) is 17.6. The number of rotatable bonds is 16. The number of fused-ring (bicyclic) bond motifs is 14. The van der Waals surface area contributed by atoms with Crippen LogP contribution in [0.5, 0.6) is 40.2 Å². The smallest absolute Gasteiger partial charge is 0.330 e. The highest BCUT2D eigenvalue weighted by atomic mass is 35.5. The molecule has 26 N–H and O–H groups in total. The fraction of sp³-hybridized carbons (Fsp3) is 0.488. The van der Waals surface area contributed by atoms with Crippen LogP contribution >= 0.6 is 23.2 Å². The van der Waals surface area contributed by atoms with Crippen molar-refractivity contribution in [3.05, 3.63) is 157 Å². The van der Waals surface area contributed by atoms with Gasteiger partial charge in [-0.05, 0) is 126 Å². The Labute approximate surface area is 758 Å². The summed E-state index contributed by atoms with van der Waals surface area (Å²) in [6.45, 7) is 0.794. The molecule has 0 spiro atoms. The van der Waals surface area contributed by atoms with Gasteiger partial charge in [0.25, 0.3) is 5.91 Å². The largest absolute Gasteiger partial charge is 0.508 e. The molecule has 0 aromatic heterocycles. The van der Waals surface area contributed by atoms with Gasteiger partial charge in [0.15, 0.2) is 35.3 Å². The van der Waals surface area contributed by atoms with E-state index in [1.54, 1.807) is 6.92 Å². The number of aliphatic carboxylic acids is 2. The molecule has 4 aliphatic carbocycles. The van der Waals surface area contributed by atoms with Crippen molar-refractivity contribution in [2.24, 2.45) is 23.5 Å². The summed E-state index contributed by atoms with van der Waals surface area (Å²) in [6.07, 6.45) is -27.3. The first-order chi connectivity index (χ1) is 62.6.